The second-order valence-corrected chi connectivity index (χ2v) is 4.15. The summed E-state index contributed by atoms with van der Waals surface area (Å²) >= 11 is 5.48. The van der Waals surface area contributed by atoms with Gasteiger partial charge >= 0.3 is 6.18 Å². The van der Waals surface area contributed by atoms with Crippen molar-refractivity contribution in [1.29, 1.82) is 0 Å². The van der Waals surface area contributed by atoms with Crippen molar-refractivity contribution in [3.05, 3.63) is 34.3 Å². The molecule has 0 aliphatic carbocycles. The van der Waals surface area contributed by atoms with Crippen LogP contribution in [0.3, 0.4) is 0 Å². The number of rotatable bonds is 3. The predicted molar refractivity (Wildman–Crippen MR) is 59.7 cm³/mol. The lowest BCUT2D eigenvalue weighted by molar-refractivity contribution is -0.137. The summed E-state index contributed by atoms with van der Waals surface area (Å²) in [5, 5.41) is 9.13. The van der Waals surface area contributed by atoms with Crippen LogP contribution in [0.5, 0.6) is 0 Å². The first-order valence-electron chi connectivity index (χ1n) is 5.07. The smallest absolute Gasteiger partial charge is 0.391 e. The van der Waals surface area contributed by atoms with Crippen LogP contribution in [0.15, 0.2) is 18.2 Å². The predicted octanol–water partition coefficient (Wildman–Crippen LogP) is 3.13. The van der Waals surface area contributed by atoms with E-state index < -0.39 is 23.9 Å². The Bertz CT molecular complexity index is 395. The Balaban J connectivity index is 3.13. The second-order valence-electron chi connectivity index (χ2n) is 3.74. The van der Waals surface area contributed by atoms with E-state index in [0.29, 0.717) is 6.42 Å². The molecule has 0 saturated heterocycles. The molecule has 1 aromatic carbocycles. The molecule has 0 radical (unpaired) electrons. The Labute approximate surface area is 102 Å². The maximum absolute atomic E-state index is 12.6. The highest BCUT2D eigenvalue weighted by Gasteiger charge is 2.34. The van der Waals surface area contributed by atoms with E-state index >= 15 is 0 Å². The molecule has 6 heteroatoms. The highest BCUT2D eigenvalue weighted by molar-refractivity contribution is 6.31. The van der Waals surface area contributed by atoms with E-state index in [1.165, 1.54) is 6.07 Å². The molecule has 0 heterocycles. The molecule has 2 atom stereocenters. The minimum absolute atomic E-state index is 0.219. The summed E-state index contributed by atoms with van der Waals surface area (Å²) < 4.78 is 37.8. The van der Waals surface area contributed by atoms with Gasteiger partial charge in [-0.15, -0.1) is 0 Å². The lowest BCUT2D eigenvalue weighted by Gasteiger charge is -2.19. The molecule has 96 valence electrons. The third-order valence-corrected chi connectivity index (χ3v) is 2.84. The molecular formula is C11H13ClF3NO. The summed E-state index contributed by atoms with van der Waals surface area (Å²) in [6.07, 6.45) is -5.04. The van der Waals surface area contributed by atoms with E-state index in [1.54, 1.807) is 6.92 Å². The van der Waals surface area contributed by atoms with E-state index in [0.717, 1.165) is 12.1 Å². The van der Waals surface area contributed by atoms with Crippen LogP contribution in [0.25, 0.3) is 0 Å². The van der Waals surface area contributed by atoms with Gasteiger partial charge in [-0.25, -0.2) is 0 Å². The SMILES string of the molecule is CC[C@H](O)[C@H](N)c1ccc(Cl)c(C(F)(F)F)c1. The van der Waals surface area contributed by atoms with Gasteiger partial charge < -0.3 is 10.8 Å². The minimum atomic E-state index is -4.52. The quantitative estimate of drug-likeness (QED) is 0.884. The molecule has 17 heavy (non-hydrogen) atoms. The summed E-state index contributed by atoms with van der Waals surface area (Å²) in [6.45, 7) is 1.70. The number of nitrogens with two attached hydrogens (primary N) is 1. The van der Waals surface area contributed by atoms with E-state index in [-0.39, 0.29) is 10.6 Å². The molecule has 0 unspecified atom stereocenters. The van der Waals surface area contributed by atoms with Crippen LogP contribution < -0.4 is 5.73 Å². The third-order valence-electron chi connectivity index (χ3n) is 2.51. The molecule has 0 bridgehead atoms. The van der Waals surface area contributed by atoms with Crippen molar-refractivity contribution >= 4 is 11.6 Å². The van der Waals surface area contributed by atoms with Gasteiger partial charge in [-0.2, -0.15) is 13.2 Å². The summed E-state index contributed by atoms with van der Waals surface area (Å²) in [5.41, 5.74) is 4.93. The van der Waals surface area contributed by atoms with Crippen molar-refractivity contribution in [2.24, 2.45) is 5.73 Å². The van der Waals surface area contributed by atoms with Crippen LogP contribution in [-0.4, -0.2) is 11.2 Å². The standard InChI is InChI=1S/C11H13ClF3NO/c1-2-9(17)10(16)6-3-4-8(12)7(5-6)11(13,14)15/h3-5,9-10,17H,2,16H2,1H3/t9-,10+/m0/s1. The number of hydrogen-bond donors (Lipinski definition) is 2. The largest absolute Gasteiger partial charge is 0.417 e. The van der Waals surface area contributed by atoms with Gasteiger partial charge in [-0.3, -0.25) is 0 Å². The molecule has 0 aliphatic heterocycles. The highest BCUT2D eigenvalue weighted by atomic mass is 35.5. The monoisotopic (exact) mass is 267 g/mol. The molecule has 1 rings (SSSR count). The van der Waals surface area contributed by atoms with Crippen molar-refractivity contribution in [2.75, 3.05) is 0 Å². The first-order valence-corrected chi connectivity index (χ1v) is 5.45. The van der Waals surface area contributed by atoms with Gasteiger partial charge in [0.15, 0.2) is 0 Å². The molecule has 0 aromatic heterocycles. The van der Waals surface area contributed by atoms with Crippen molar-refractivity contribution in [1.82, 2.24) is 0 Å². The van der Waals surface area contributed by atoms with Crippen molar-refractivity contribution in [3.8, 4) is 0 Å². The van der Waals surface area contributed by atoms with Gasteiger partial charge in [0.1, 0.15) is 0 Å². The average molecular weight is 268 g/mol. The van der Waals surface area contributed by atoms with Crippen molar-refractivity contribution < 1.29 is 18.3 Å². The van der Waals surface area contributed by atoms with Gasteiger partial charge in [-0.05, 0) is 24.1 Å². The average Bonchev–Trinajstić information content (AvgIpc) is 2.26. The highest BCUT2D eigenvalue weighted by Crippen LogP contribution is 2.36. The summed E-state index contributed by atoms with van der Waals surface area (Å²) in [4.78, 5) is 0. The number of hydrogen-bond acceptors (Lipinski definition) is 2. The van der Waals surface area contributed by atoms with Crippen LogP contribution in [0, 0.1) is 0 Å². The maximum Gasteiger partial charge on any atom is 0.417 e. The zero-order valence-electron chi connectivity index (χ0n) is 9.13. The summed E-state index contributed by atoms with van der Waals surface area (Å²) in [5.74, 6) is 0. The molecule has 1 aromatic rings. The van der Waals surface area contributed by atoms with E-state index in [4.69, 9.17) is 17.3 Å². The van der Waals surface area contributed by atoms with Gasteiger partial charge in [0.05, 0.1) is 22.7 Å². The second kappa shape index (κ2) is 5.25. The van der Waals surface area contributed by atoms with Gasteiger partial charge in [0.25, 0.3) is 0 Å². The van der Waals surface area contributed by atoms with Crippen LogP contribution >= 0.6 is 11.6 Å². The maximum atomic E-state index is 12.6. The van der Waals surface area contributed by atoms with Crippen LogP contribution in [0.1, 0.15) is 30.5 Å². The fourth-order valence-electron chi connectivity index (χ4n) is 1.44. The molecular weight excluding hydrogens is 255 g/mol. The molecule has 3 N–H and O–H groups in total. The Hall–Kier alpha value is -0.780. The van der Waals surface area contributed by atoms with Crippen molar-refractivity contribution in [3.63, 3.8) is 0 Å². The van der Waals surface area contributed by atoms with Crippen LogP contribution in [0.4, 0.5) is 13.2 Å². The molecule has 0 amide bonds. The van der Waals surface area contributed by atoms with E-state index in [2.05, 4.69) is 0 Å². The first kappa shape index (κ1) is 14.3. The number of aliphatic hydroxyl groups is 1. The summed E-state index contributed by atoms with van der Waals surface area (Å²) in [7, 11) is 0. The third kappa shape index (κ3) is 3.34. The molecule has 2 nitrogen and oxygen atoms in total. The Morgan fingerprint density at radius 2 is 2.00 bits per heavy atom. The Morgan fingerprint density at radius 1 is 1.41 bits per heavy atom. The lowest BCUT2D eigenvalue weighted by atomic mass is 9.98. The van der Waals surface area contributed by atoms with Crippen LogP contribution in [-0.2, 0) is 6.18 Å². The topological polar surface area (TPSA) is 46.2 Å². The number of benzene rings is 1. The zero-order chi connectivity index (χ0) is 13.2. The fourth-order valence-corrected chi connectivity index (χ4v) is 1.67. The fraction of sp³-hybridized carbons (Fsp3) is 0.455. The number of alkyl halides is 3. The first-order chi connectivity index (χ1) is 7.77. The minimum Gasteiger partial charge on any atom is -0.391 e. The molecule has 0 saturated carbocycles. The van der Waals surface area contributed by atoms with Gasteiger partial charge in [-0.1, -0.05) is 24.6 Å². The van der Waals surface area contributed by atoms with Crippen LogP contribution in [0.2, 0.25) is 5.02 Å². The van der Waals surface area contributed by atoms with Gasteiger partial charge in [0.2, 0.25) is 0 Å². The number of halogens is 4. The Morgan fingerprint density at radius 3 is 2.47 bits per heavy atom. The molecule has 0 spiro atoms. The number of aliphatic hydroxyl groups excluding tert-OH is 1. The van der Waals surface area contributed by atoms with E-state index in [1.807, 2.05) is 0 Å². The lowest BCUT2D eigenvalue weighted by Crippen LogP contribution is -2.25. The van der Waals surface area contributed by atoms with Crippen molar-refractivity contribution in [2.45, 2.75) is 31.7 Å². The molecule has 0 fully saturated rings. The molecule has 0 aliphatic rings. The summed E-state index contributed by atoms with van der Waals surface area (Å²) in [6, 6.07) is 2.56. The Kier molecular flexibility index (Phi) is 4.41. The van der Waals surface area contributed by atoms with Gasteiger partial charge in [0, 0.05) is 0 Å². The normalized spacial score (nSPS) is 15.7. The zero-order valence-corrected chi connectivity index (χ0v) is 9.89. The van der Waals surface area contributed by atoms with E-state index in [9.17, 15) is 18.3 Å².